The zero-order valence-corrected chi connectivity index (χ0v) is 13.4. The molecule has 3 atom stereocenters. The molecule has 2 aliphatic rings. The number of benzene rings is 1. The molecule has 0 heterocycles. The van der Waals surface area contributed by atoms with Crippen LogP contribution in [0.15, 0.2) is 30.4 Å². The number of halogens is 1. The number of carbonyl (C=O) groups excluding carboxylic acids is 2. The number of nitro groups is 1. The number of ether oxygens (including phenoxy) is 1. The lowest BCUT2D eigenvalue weighted by molar-refractivity contribution is -0.383. The summed E-state index contributed by atoms with van der Waals surface area (Å²) in [7, 11) is 0. The Hall–Kier alpha value is -2.41. The number of anilines is 1. The van der Waals surface area contributed by atoms with E-state index in [1.807, 2.05) is 6.08 Å². The molecule has 1 aromatic rings. The molecule has 2 aliphatic carbocycles. The number of allylic oxidation sites excluding steroid dienone is 2. The van der Waals surface area contributed by atoms with Crippen LogP contribution in [0.5, 0.6) is 0 Å². The van der Waals surface area contributed by atoms with Crippen molar-refractivity contribution in [1.82, 2.24) is 0 Å². The number of carbonyl (C=O) groups is 2. The number of hydrogen-bond acceptors (Lipinski definition) is 5. The van der Waals surface area contributed by atoms with Gasteiger partial charge in [0.05, 0.1) is 10.8 Å². The first-order chi connectivity index (χ1) is 11.4. The molecular weight excluding hydrogens is 336 g/mol. The smallest absolute Gasteiger partial charge is 0.310 e. The molecule has 0 aromatic heterocycles. The summed E-state index contributed by atoms with van der Waals surface area (Å²) in [6.07, 6.45) is 5.85. The molecule has 1 fully saturated rings. The summed E-state index contributed by atoms with van der Waals surface area (Å²) < 4.78 is 5.06. The molecule has 7 nitrogen and oxygen atoms in total. The van der Waals surface area contributed by atoms with E-state index in [2.05, 4.69) is 11.4 Å². The van der Waals surface area contributed by atoms with Crippen LogP contribution in [-0.2, 0) is 14.3 Å². The predicted molar refractivity (Wildman–Crippen MR) is 86.5 cm³/mol. The maximum absolute atomic E-state index is 12.1. The Kier molecular flexibility index (Phi) is 4.53. The van der Waals surface area contributed by atoms with E-state index in [9.17, 15) is 19.7 Å². The van der Waals surface area contributed by atoms with Crippen molar-refractivity contribution in [2.45, 2.75) is 12.8 Å². The molecule has 3 rings (SSSR count). The molecule has 8 heteroatoms. The summed E-state index contributed by atoms with van der Waals surface area (Å²) in [6.45, 7) is -0.476. The third-order valence-electron chi connectivity index (χ3n) is 4.36. The number of amides is 1. The molecule has 1 N–H and O–H groups in total. The molecule has 24 heavy (non-hydrogen) atoms. The van der Waals surface area contributed by atoms with Gasteiger partial charge >= 0.3 is 5.97 Å². The Balaban J connectivity index is 1.56. The first-order valence-corrected chi connectivity index (χ1v) is 7.90. The third kappa shape index (κ3) is 3.41. The fourth-order valence-electron chi connectivity index (χ4n) is 3.24. The van der Waals surface area contributed by atoms with Crippen molar-refractivity contribution in [2.24, 2.45) is 17.8 Å². The van der Waals surface area contributed by atoms with Crippen molar-refractivity contribution < 1.29 is 19.2 Å². The lowest BCUT2D eigenvalue weighted by atomic mass is 9.94. The summed E-state index contributed by atoms with van der Waals surface area (Å²) in [6, 6.07) is 3.91. The Bertz CT molecular complexity index is 733. The summed E-state index contributed by atoms with van der Waals surface area (Å²) in [4.78, 5) is 34.3. The van der Waals surface area contributed by atoms with E-state index in [4.69, 9.17) is 16.3 Å². The van der Waals surface area contributed by atoms with Crippen LogP contribution in [0.4, 0.5) is 11.4 Å². The molecule has 1 saturated carbocycles. The maximum atomic E-state index is 12.1. The second-order valence-corrected chi connectivity index (χ2v) is 6.40. The molecule has 0 aliphatic heterocycles. The number of rotatable bonds is 5. The Morgan fingerprint density at radius 2 is 2.12 bits per heavy atom. The zero-order valence-electron chi connectivity index (χ0n) is 12.6. The number of hydrogen-bond donors (Lipinski definition) is 1. The third-order valence-corrected chi connectivity index (χ3v) is 4.59. The second kappa shape index (κ2) is 6.60. The van der Waals surface area contributed by atoms with Gasteiger partial charge in [-0.05, 0) is 36.8 Å². The van der Waals surface area contributed by atoms with E-state index in [0.29, 0.717) is 5.92 Å². The fraction of sp³-hybridized carbons (Fsp3) is 0.375. The molecule has 0 saturated heterocycles. The zero-order chi connectivity index (χ0) is 17.3. The number of nitro benzene ring substituents is 1. The Labute approximate surface area is 142 Å². The molecular formula is C16H15ClN2O5. The van der Waals surface area contributed by atoms with Gasteiger partial charge in [0.1, 0.15) is 5.69 Å². The fourth-order valence-corrected chi connectivity index (χ4v) is 3.41. The van der Waals surface area contributed by atoms with E-state index in [-0.39, 0.29) is 28.2 Å². The van der Waals surface area contributed by atoms with Crippen LogP contribution in [0.25, 0.3) is 0 Å². The first kappa shape index (κ1) is 16.4. The van der Waals surface area contributed by atoms with Gasteiger partial charge in [-0.3, -0.25) is 19.7 Å². The van der Waals surface area contributed by atoms with Crippen molar-refractivity contribution >= 4 is 34.9 Å². The van der Waals surface area contributed by atoms with E-state index in [0.717, 1.165) is 18.9 Å². The van der Waals surface area contributed by atoms with Gasteiger partial charge < -0.3 is 10.1 Å². The van der Waals surface area contributed by atoms with Crippen LogP contribution >= 0.6 is 11.6 Å². The summed E-state index contributed by atoms with van der Waals surface area (Å²) in [5, 5.41) is 13.5. The van der Waals surface area contributed by atoms with Crippen molar-refractivity contribution in [3.05, 3.63) is 45.5 Å². The topological polar surface area (TPSA) is 98.5 Å². The standard InChI is InChI=1S/C16H15ClN2O5/c17-11-3-4-13(14(7-11)19(22)23)18-15(20)8-24-16(21)12-6-9-1-2-10(12)5-9/h1-4,7,9-10,12H,5-6,8H2,(H,18,20)/t9-,10-,12+/m0/s1. The lowest BCUT2D eigenvalue weighted by Gasteiger charge is -2.16. The van der Waals surface area contributed by atoms with Gasteiger partial charge in [-0.25, -0.2) is 0 Å². The van der Waals surface area contributed by atoms with Crippen molar-refractivity contribution in [2.75, 3.05) is 11.9 Å². The molecule has 2 bridgehead atoms. The van der Waals surface area contributed by atoms with Gasteiger partial charge in [0.25, 0.3) is 11.6 Å². The minimum absolute atomic E-state index is 0.00769. The molecule has 0 radical (unpaired) electrons. The minimum atomic E-state index is -0.644. The summed E-state index contributed by atoms with van der Waals surface area (Å²) in [5.74, 6) is -0.598. The van der Waals surface area contributed by atoms with Gasteiger partial charge in [-0.15, -0.1) is 0 Å². The van der Waals surface area contributed by atoms with Crippen LogP contribution in [0.3, 0.4) is 0 Å². The monoisotopic (exact) mass is 350 g/mol. The van der Waals surface area contributed by atoms with E-state index in [1.54, 1.807) is 0 Å². The second-order valence-electron chi connectivity index (χ2n) is 5.96. The summed E-state index contributed by atoms with van der Waals surface area (Å²) >= 11 is 5.71. The van der Waals surface area contributed by atoms with Crippen LogP contribution in [-0.4, -0.2) is 23.4 Å². The Morgan fingerprint density at radius 1 is 1.33 bits per heavy atom. The number of nitrogens with zero attached hydrogens (tertiary/aromatic N) is 1. The highest BCUT2D eigenvalue weighted by molar-refractivity contribution is 6.31. The summed E-state index contributed by atoms with van der Waals surface area (Å²) in [5.41, 5.74) is -0.311. The molecule has 1 amide bonds. The van der Waals surface area contributed by atoms with Crippen molar-refractivity contribution in [3.63, 3.8) is 0 Å². The number of fused-ring (bicyclic) bond motifs is 2. The highest BCUT2D eigenvalue weighted by Crippen LogP contribution is 2.43. The average molecular weight is 351 g/mol. The number of nitrogens with one attached hydrogen (secondary N) is 1. The molecule has 1 aromatic carbocycles. The quantitative estimate of drug-likeness (QED) is 0.381. The van der Waals surface area contributed by atoms with E-state index in [1.165, 1.54) is 12.1 Å². The van der Waals surface area contributed by atoms with Gasteiger partial charge in [0, 0.05) is 11.1 Å². The van der Waals surface area contributed by atoms with Gasteiger partial charge in [-0.1, -0.05) is 23.8 Å². The highest BCUT2D eigenvalue weighted by atomic mass is 35.5. The first-order valence-electron chi connectivity index (χ1n) is 7.53. The lowest BCUT2D eigenvalue weighted by Crippen LogP contribution is -2.26. The van der Waals surface area contributed by atoms with Crippen molar-refractivity contribution in [1.29, 1.82) is 0 Å². The minimum Gasteiger partial charge on any atom is -0.455 e. The predicted octanol–water partition coefficient (Wildman–Crippen LogP) is 2.94. The van der Waals surface area contributed by atoms with Crippen LogP contribution in [0, 0.1) is 27.9 Å². The largest absolute Gasteiger partial charge is 0.455 e. The van der Waals surface area contributed by atoms with Gasteiger partial charge in [0.2, 0.25) is 0 Å². The normalized spacial score (nSPS) is 24.0. The van der Waals surface area contributed by atoms with Crippen LogP contribution < -0.4 is 5.32 Å². The molecule has 0 unspecified atom stereocenters. The SMILES string of the molecule is O=C(COC(=O)[C@@H]1C[C@H]2C=C[C@H]1C2)Nc1ccc(Cl)cc1[N+](=O)[O-]. The number of esters is 1. The van der Waals surface area contributed by atoms with E-state index >= 15 is 0 Å². The van der Waals surface area contributed by atoms with E-state index < -0.39 is 23.4 Å². The van der Waals surface area contributed by atoms with Gasteiger partial charge in [-0.2, -0.15) is 0 Å². The maximum Gasteiger partial charge on any atom is 0.310 e. The van der Waals surface area contributed by atoms with Crippen LogP contribution in [0.2, 0.25) is 5.02 Å². The Morgan fingerprint density at radius 3 is 2.75 bits per heavy atom. The molecule has 0 spiro atoms. The van der Waals surface area contributed by atoms with Crippen LogP contribution in [0.1, 0.15) is 12.8 Å². The molecule has 126 valence electrons. The van der Waals surface area contributed by atoms with Crippen molar-refractivity contribution in [3.8, 4) is 0 Å². The highest BCUT2D eigenvalue weighted by Gasteiger charge is 2.40. The van der Waals surface area contributed by atoms with Gasteiger partial charge in [0.15, 0.2) is 6.61 Å². The average Bonchev–Trinajstić information content (AvgIpc) is 3.17.